The molecule has 2 aromatic rings. The van der Waals surface area contributed by atoms with Gasteiger partial charge in [0.05, 0.1) is 37.4 Å². The summed E-state index contributed by atoms with van der Waals surface area (Å²) < 4.78 is 17.2. The Bertz CT molecular complexity index is 1130. The molecule has 2 aliphatic rings. The van der Waals surface area contributed by atoms with Gasteiger partial charge in [-0.15, -0.1) is 12.8 Å². The van der Waals surface area contributed by atoms with Crippen LogP contribution in [0.3, 0.4) is 0 Å². The maximum Gasteiger partial charge on any atom is 0.338 e. The third-order valence-electron chi connectivity index (χ3n) is 9.36. The van der Waals surface area contributed by atoms with E-state index in [9.17, 15) is 9.59 Å². The van der Waals surface area contributed by atoms with Gasteiger partial charge in [0.1, 0.15) is 5.75 Å². The van der Waals surface area contributed by atoms with Crippen LogP contribution < -0.4 is 4.74 Å². The zero-order chi connectivity index (χ0) is 32.4. The van der Waals surface area contributed by atoms with Crippen molar-refractivity contribution in [1.29, 1.82) is 0 Å². The van der Waals surface area contributed by atoms with E-state index in [1.165, 1.54) is 24.0 Å². The molecule has 0 radical (unpaired) electrons. The van der Waals surface area contributed by atoms with E-state index in [4.69, 9.17) is 24.0 Å². The topological polar surface area (TPSA) is 80.3 Å². The van der Waals surface area contributed by atoms with Gasteiger partial charge in [0.2, 0.25) is 0 Å². The highest BCUT2D eigenvalue weighted by Gasteiger charge is 2.28. The van der Waals surface area contributed by atoms with Crippen LogP contribution in [-0.2, 0) is 24.0 Å². The molecule has 0 aromatic heterocycles. The van der Waals surface area contributed by atoms with Gasteiger partial charge in [-0.2, -0.15) is 0 Å². The summed E-state index contributed by atoms with van der Waals surface area (Å²) in [5.74, 6) is 0.822. The summed E-state index contributed by atoms with van der Waals surface area (Å²) >= 11 is 0. The van der Waals surface area contributed by atoms with Crippen molar-refractivity contribution >= 4 is 11.9 Å². The van der Waals surface area contributed by atoms with Crippen molar-refractivity contribution in [3.05, 3.63) is 78.6 Å². The molecule has 0 bridgehead atoms. The molecular weight excluding hydrogens is 580 g/mol. The zero-order valence-electron chi connectivity index (χ0n) is 27.8. The molecule has 0 atom stereocenters. The number of esters is 2. The first-order valence-corrected chi connectivity index (χ1v) is 17.5. The van der Waals surface area contributed by atoms with Gasteiger partial charge in [-0.1, -0.05) is 49.6 Å². The fourth-order valence-corrected chi connectivity index (χ4v) is 6.37. The summed E-state index contributed by atoms with van der Waals surface area (Å²) in [6.07, 6.45) is 16.1. The van der Waals surface area contributed by atoms with E-state index in [0.29, 0.717) is 49.1 Å². The SMILES string of the molecule is [CH2+][CH-]CCCOOCC1CCC(C(=O)Oc2ccc(C(=O)OCCCCCCOC3CCC(c4ccc(C)cc4)CC3)cc2)CC1. The lowest BCUT2D eigenvalue weighted by atomic mass is 9.82. The second kappa shape index (κ2) is 20.4. The largest absolute Gasteiger partial charge is 0.462 e. The molecule has 0 amide bonds. The van der Waals surface area contributed by atoms with E-state index in [0.717, 1.165) is 83.7 Å². The molecule has 0 spiro atoms. The number of hydrogen-bond donors (Lipinski definition) is 0. The van der Waals surface area contributed by atoms with Crippen molar-refractivity contribution in [2.24, 2.45) is 11.8 Å². The first-order chi connectivity index (χ1) is 22.5. The number of hydrogen-bond acceptors (Lipinski definition) is 7. The molecule has 2 saturated carbocycles. The molecule has 7 heteroatoms. The summed E-state index contributed by atoms with van der Waals surface area (Å²) in [7, 11) is 0. The highest BCUT2D eigenvalue weighted by molar-refractivity contribution is 5.89. The normalized spacial score (nSPS) is 21.5. The van der Waals surface area contributed by atoms with Crippen LogP contribution in [0.25, 0.3) is 0 Å². The summed E-state index contributed by atoms with van der Waals surface area (Å²) in [5.41, 5.74) is 3.24. The molecule has 4 rings (SSSR count). The standard InChI is InChI=1S/C39H54O7/c1-3-4-7-28-44-45-29-31-12-16-35(17-13-31)39(41)46-37-24-20-34(21-25-37)38(40)43-27-9-6-5-8-26-42-36-22-18-33(19-23-36)32-14-10-30(2)11-15-32/h3,10-11,14-15,20-21,24-25,31,33,35-36H,1,4-9,12-13,16-19,22-23,26-29H2,2H3. The number of ether oxygens (including phenoxy) is 3. The number of aryl methyl sites for hydroxylation is 1. The summed E-state index contributed by atoms with van der Waals surface area (Å²) in [4.78, 5) is 35.7. The monoisotopic (exact) mass is 634 g/mol. The first-order valence-electron chi connectivity index (χ1n) is 17.5. The lowest BCUT2D eigenvalue weighted by molar-refractivity contribution is -0.302. The molecule has 2 fully saturated rings. The van der Waals surface area contributed by atoms with E-state index in [1.807, 2.05) is 6.42 Å². The van der Waals surface area contributed by atoms with Gasteiger partial charge >= 0.3 is 11.9 Å². The Morgan fingerprint density at radius 2 is 1.46 bits per heavy atom. The van der Waals surface area contributed by atoms with Gasteiger partial charge in [0.25, 0.3) is 0 Å². The maximum atomic E-state index is 12.7. The number of unbranched alkanes of at least 4 members (excludes halogenated alkanes) is 5. The van der Waals surface area contributed by atoms with E-state index < -0.39 is 0 Å². The van der Waals surface area contributed by atoms with E-state index in [1.54, 1.807) is 24.3 Å². The lowest BCUT2D eigenvalue weighted by Gasteiger charge is -2.29. The predicted molar refractivity (Wildman–Crippen MR) is 179 cm³/mol. The highest BCUT2D eigenvalue weighted by atomic mass is 17.2. The quantitative estimate of drug-likeness (QED) is 0.0381. The second-order valence-electron chi connectivity index (χ2n) is 13.0. The molecule has 2 aliphatic carbocycles. The highest BCUT2D eigenvalue weighted by Crippen LogP contribution is 2.34. The van der Waals surface area contributed by atoms with Crippen LogP contribution in [0.15, 0.2) is 48.5 Å². The van der Waals surface area contributed by atoms with E-state index >= 15 is 0 Å². The average Bonchev–Trinajstić information content (AvgIpc) is 3.08. The Balaban J connectivity index is 0.994. The van der Waals surface area contributed by atoms with E-state index in [2.05, 4.69) is 38.1 Å². The molecule has 0 N–H and O–H groups in total. The molecule has 46 heavy (non-hydrogen) atoms. The van der Waals surface area contributed by atoms with Crippen molar-refractivity contribution in [3.63, 3.8) is 0 Å². The van der Waals surface area contributed by atoms with Gasteiger partial charge in [-0.05, 0) is 119 Å². The Kier molecular flexibility index (Phi) is 15.9. The predicted octanol–water partition coefficient (Wildman–Crippen LogP) is 8.93. The van der Waals surface area contributed by atoms with E-state index in [-0.39, 0.29) is 17.9 Å². The molecule has 0 saturated heterocycles. The maximum absolute atomic E-state index is 12.7. The van der Waals surface area contributed by atoms with Crippen LogP contribution >= 0.6 is 0 Å². The van der Waals surface area contributed by atoms with Gasteiger partial charge in [-0.3, -0.25) is 4.79 Å². The van der Waals surface area contributed by atoms with Crippen LogP contribution in [0.1, 0.15) is 117 Å². The minimum atomic E-state index is -0.354. The number of benzene rings is 2. The average molecular weight is 635 g/mol. The minimum Gasteiger partial charge on any atom is -0.462 e. The fourth-order valence-electron chi connectivity index (χ4n) is 6.37. The Labute approximate surface area is 276 Å². The molecule has 252 valence electrons. The Morgan fingerprint density at radius 1 is 0.761 bits per heavy atom. The Hall–Kier alpha value is -2.87. The minimum absolute atomic E-state index is 0.120. The zero-order valence-corrected chi connectivity index (χ0v) is 27.8. The third kappa shape index (κ3) is 12.7. The molecule has 0 unspecified atom stereocenters. The molecule has 0 heterocycles. The third-order valence-corrected chi connectivity index (χ3v) is 9.36. The van der Waals surface area contributed by atoms with Crippen LogP contribution in [-0.4, -0.2) is 44.5 Å². The van der Waals surface area contributed by atoms with Crippen molar-refractivity contribution in [3.8, 4) is 5.75 Å². The summed E-state index contributed by atoms with van der Waals surface area (Å²) in [5, 5.41) is 0. The Morgan fingerprint density at radius 3 is 2.15 bits per heavy atom. The van der Waals surface area contributed by atoms with Gasteiger partial charge in [0, 0.05) is 6.61 Å². The summed E-state index contributed by atoms with van der Waals surface area (Å²) in [6, 6.07) is 15.6. The smallest absolute Gasteiger partial charge is 0.338 e. The number of carbonyl (C=O) groups is 2. The van der Waals surface area contributed by atoms with Crippen molar-refractivity contribution in [1.82, 2.24) is 0 Å². The molecular formula is C39H54O7. The second-order valence-corrected chi connectivity index (χ2v) is 13.0. The van der Waals surface area contributed by atoms with Crippen molar-refractivity contribution in [2.75, 3.05) is 26.4 Å². The molecule has 2 aromatic carbocycles. The van der Waals surface area contributed by atoms with Crippen LogP contribution in [0, 0.1) is 32.1 Å². The van der Waals surface area contributed by atoms with Crippen LogP contribution in [0.2, 0.25) is 0 Å². The van der Waals surface area contributed by atoms with Gasteiger partial charge in [-0.25, -0.2) is 14.6 Å². The summed E-state index contributed by atoms with van der Waals surface area (Å²) in [6.45, 7) is 8.15. The fraction of sp³-hybridized carbons (Fsp3) is 0.590. The number of carbonyl (C=O) groups excluding carboxylic acids is 2. The van der Waals surface area contributed by atoms with Crippen molar-refractivity contribution in [2.45, 2.75) is 109 Å². The first kappa shape index (κ1) is 36.0. The van der Waals surface area contributed by atoms with Crippen LogP contribution in [0.4, 0.5) is 0 Å². The lowest BCUT2D eigenvalue weighted by Crippen LogP contribution is -2.27. The van der Waals surface area contributed by atoms with Gasteiger partial charge < -0.3 is 14.2 Å². The van der Waals surface area contributed by atoms with Crippen molar-refractivity contribution < 1.29 is 33.6 Å². The molecule has 7 nitrogen and oxygen atoms in total. The number of rotatable bonds is 19. The van der Waals surface area contributed by atoms with Gasteiger partial charge in [0.15, 0.2) is 0 Å². The van der Waals surface area contributed by atoms with Crippen LogP contribution in [0.5, 0.6) is 5.75 Å². The molecule has 0 aliphatic heterocycles.